The molecule has 13 heavy (non-hydrogen) atoms. The minimum Gasteiger partial charge on any atom is -0.465 e. The molecule has 1 aliphatic rings. The lowest BCUT2D eigenvalue weighted by molar-refractivity contribution is -0.155. The van der Waals surface area contributed by atoms with Crippen molar-refractivity contribution >= 4 is 11.9 Å². The van der Waals surface area contributed by atoms with E-state index in [0.29, 0.717) is 6.42 Å². The smallest absolute Gasteiger partial charge is 0.321 e. The van der Waals surface area contributed by atoms with Gasteiger partial charge < -0.3 is 9.47 Å². The van der Waals surface area contributed by atoms with Gasteiger partial charge in [-0.15, -0.1) is 0 Å². The molecule has 0 N–H and O–H groups in total. The molecule has 0 aromatic heterocycles. The summed E-state index contributed by atoms with van der Waals surface area (Å²) in [6, 6.07) is 0. The van der Waals surface area contributed by atoms with Crippen molar-refractivity contribution in [1.82, 2.24) is 0 Å². The Morgan fingerprint density at radius 3 is 3.00 bits per heavy atom. The maximum Gasteiger partial charge on any atom is 0.321 e. The van der Waals surface area contributed by atoms with Crippen molar-refractivity contribution in [2.45, 2.75) is 19.4 Å². The zero-order valence-corrected chi connectivity index (χ0v) is 7.49. The van der Waals surface area contributed by atoms with E-state index >= 15 is 0 Å². The average molecular weight is 184 g/mol. The first kappa shape index (κ1) is 9.77. The number of hydrogen-bond donors (Lipinski definition) is 0. The van der Waals surface area contributed by atoms with Crippen LogP contribution in [0.1, 0.15) is 13.3 Å². The van der Waals surface area contributed by atoms with E-state index in [4.69, 9.17) is 9.47 Å². The largest absolute Gasteiger partial charge is 0.465 e. The normalized spacial score (nSPS) is 26.7. The van der Waals surface area contributed by atoms with E-state index in [9.17, 15) is 9.59 Å². The van der Waals surface area contributed by atoms with E-state index in [2.05, 4.69) is 6.58 Å². The second-order valence-corrected chi connectivity index (χ2v) is 2.75. The Hall–Kier alpha value is -1.32. The molecule has 4 nitrogen and oxygen atoms in total. The van der Waals surface area contributed by atoms with Gasteiger partial charge in [0.25, 0.3) is 0 Å². The van der Waals surface area contributed by atoms with E-state index in [0.717, 1.165) is 0 Å². The van der Waals surface area contributed by atoms with E-state index in [-0.39, 0.29) is 12.7 Å². The molecule has 0 radical (unpaired) electrons. The number of cyclic esters (lactones) is 1. The lowest BCUT2D eigenvalue weighted by Crippen LogP contribution is -2.21. The van der Waals surface area contributed by atoms with Crippen molar-refractivity contribution < 1.29 is 19.1 Å². The van der Waals surface area contributed by atoms with Gasteiger partial charge in [0.1, 0.15) is 6.10 Å². The minimum atomic E-state index is -0.761. The molecule has 1 saturated heterocycles. The SMILES string of the molecule is C=C[C@@H]1C[C@H](C(=O)OCC)C(=O)O1. The molecule has 0 spiro atoms. The summed E-state index contributed by atoms with van der Waals surface area (Å²) in [6.45, 7) is 5.46. The summed E-state index contributed by atoms with van der Waals surface area (Å²) in [5, 5.41) is 0. The zero-order valence-electron chi connectivity index (χ0n) is 7.49. The summed E-state index contributed by atoms with van der Waals surface area (Å²) >= 11 is 0. The number of carbonyl (C=O) groups excluding carboxylic acids is 2. The first-order valence-corrected chi connectivity index (χ1v) is 4.18. The molecule has 4 heteroatoms. The van der Waals surface area contributed by atoms with Crippen molar-refractivity contribution in [1.29, 1.82) is 0 Å². The highest BCUT2D eigenvalue weighted by molar-refractivity contribution is 5.96. The summed E-state index contributed by atoms with van der Waals surface area (Å²) in [4.78, 5) is 22.2. The van der Waals surface area contributed by atoms with Crippen molar-refractivity contribution in [2.24, 2.45) is 5.92 Å². The van der Waals surface area contributed by atoms with Crippen LogP contribution in [0.3, 0.4) is 0 Å². The van der Waals surface area contributed by atoms with Gasteiger partial charge in [0.15, 0.2) is 5.92 Å². The standard InChI is InChI=1S/C9H12O4/c1-3-6-5-7(9(11)13-6)8(10)12-4-2/h3,6-7H,1,4-5H2,2H3/t6-,7-/m1/s1. The van der Waals surface area contributed by atoms with Crippen molar-refractivity contribution in [2.75, 3.05) is 6.61 Å². The number of hydrogen-bond acceptors (Lipinski definition) is 4. The van der Waals surface area contributed by atoms with Gasteiger partial charge >= 0.3 is 11.9 Å². The van der Waals surface area contributed by atoms with Crippen LogP contribution in [-0.4, -0.2) is 24.6 Å². The number of rotatable bonds is 3. The van der Waals surface area contributed by atoms with Gasteiger partial charge in [-0.25, -0.2) is 0 Å². The third kappa shape index (κ3) is 2.08. The fraction of sp³-hybridized carbons (Fsp3) is 0.556. The Bertz CT molecular complexity index is 234. The summed E-state index contributed by atoms with van der Waals surface area (Å²) in [6.07, 6.45) is 1.51. The average Bonchev–Trinajstić information content (AvgIpc) is 2.47. The Kier molecular flexibility index (Phi) is 3.06. The predicted molar refractivity (Wildman–Crippen MR) is 44.8 cm³/mol. The van der Waals surface area contributed by atoms with Crippen LogP contribution < -0.4 is 0 Å². The van der Waals surface area contributed by atoms with E-state index in [1.807, 2.05) is 0 Å². The zero-order chi connectivity index (χ0) is 9.84. The van der Waals surface area contributed by atoms with Gasteiger partial charge in [-0.05, 0) is 6.92 Å². The van der Waals surface area contributed by atoms with Crippen LogP contribution in [0, 0.1) is 5.92 Å². The van der Waals surface area contributed by atoms with Gasteiger partial charge in [-0.2, -0.15) is 0 Å². The highest BCUT2D eigenvalue weighted by Crippen LogP contribution is 2.22. The monoisotopic (exact) mass is 184 g/mol. The molecule has 0 aliphatic carbocycles. The van der Waals surface area contributed by atoms with Crippen LogP contribution in [0.25, 0.3) is 0 Å². The molecule has 0 amide bonds. The van der Waals surface area contributed by atoms with Gasteiger partial charge in [-0.1, -0.05) is 12.7 Å². The highest BCUT2D eigenvalue weighted by Gasteiger charge is 2.39. The minimum absolute atomic E-state index is 0.279. The summed E-state index contributed by atoms with van der Waals surface area (Å²) in [5.41, 5.74) is 0. The van der Waals surface area contributed by atoms with Crippen LogP contribution in [0.5, 0.6) is 0 Å². The Balaban J connectivity index is 2.56. The molecule has 1 aliphatic heterocycles. The summed E-state index contributed by atoms with van der Waals surface area (Å²) in [5.74, 6) is -1.77. The first-order valence-electron chi connectivity index (χ1n) is 4.18. The number of ether oxygens (including phenoxy) is 2. The van der Waals surface area contributed by atoms with E-state index in [1.165, 1.54) is 6.08 Å². The van der Waals surface area contributed by atoms with Crippen LogP contribution >= 0.6 is 0 Å². The van der Waals surface area contributed by atoms with Gasteiger partial charge in [0.05, 0.1) is 6.61 Å². The fourth-order valence-corrected chi connectivity index (χ4v) is 1.19. The summed E-state index contributed by atoms with van der Waals surface area (Å²) < 4.78 is 9.55. The molecule has 0 saturated carbocycles. The molecular formula is C9H12O4. The van der Waals surface area contributed by atoms with Crippen LogP contribution in [0.15, 0.2) is 12.7 Å². The van der Waals surface area contributed by atoms with E-state index in [1.54, 1.807) is 6.92 Å². The van der Waals surface area contributed by atoms with Crippen molar-refractivity contribution in [3.63, 3.8) is 0 Å². The van der Waals surface area contributed by atoms with Crippen LogP contribution in [-0.2, 0) is 19.1 Å². The Labute approximate surface area is 76.5 Å². The van der Waals surface area contributed by atoms with Gasteiger partial charge in [0.2, 0.25) is 0 Å². The molecule has 2 atom stereocenters. The number of esters is 2. The second-order valence-electron chi connectivity index (χ2n) is 2.75. The molecule has 72 valence electrons. The topological polar surface area (TPSA) is 52.6 Å². The molecule has 0 aromatic rings. The maximum absolute atomic E-state index is 11.2. The molecule has 0 aromatic carbocycles. The highest BCUT2D eigenvalue weighted by atomic mass is 16.6. The molecule has 0 unspecified atom stereocenters. The third-order valence-corrected chi connectivity index (χ3v) is 1.85. The first-order chi connectivity index (χ1) is 6.19. The van der Waals surface area contributed by atoms with Crippen molar-refractivity contribution in [3.8, 4) is 0 Å². The van der Waals surface area contributed by atoms with Crippen molar-refractivity contribution in [3.05, 3.63) is 12.7 Å². The van der Waals surface area contributed by atoms with E-state index < -0.39 is 17.9 Å². The van der Waals surface area contributed by atoms with Crippen LogP contribution in [0.4, 0.5) is 0 Å². The Morgan fingerprint density at radius 2 is 2.54 bits per heavy atom. The summed E-state index contributed by atoms with van der Waals surface area (Å²) in [7, 11) is 0. The van der Waals surface area contributed by atoms with Gasteiger partial charge in [0, 0.05) is 6.42 Å². The molecule has 1 heterocycles. The third-order valence-electron chi connectivity index (χ3n) is 1.85. The lowest BCUT2D eigenvalue weighted by atomic mass is 10.1. The second kappa shape index (κ2) is 4.07. The molecule has 1 fully saturated rings. The Morgan fingerprint density at radius 1 is 1.85 bits per heavy atom. The molecule has 1 rings (SSSR count). The number of carbonyl (C=O) groups is 2. The lowest BCUT2D eigenvalue weighted by Gasteiger charge is -2.03. The fourth-order valence-electron chi connectivity index (χ4n) is 1.19. The maximum atomic E-state index is 11.2. The van der Waals surface area contributed by atoms with Gasteiger partial charge in [-0.3, -0.25) is 9.59 Å². The predicted octanol–water partition coefficient (Wildman–Crippen LogP) is 0.667. The van der Waals surface area contributed by atoms with Crippen LogP contribution in [0.2, 0.25) is 0 Å². The molecular weight excluding hydrogens is 172 g/mol. The molecule has 0 bridgehead atoms. The quantitative estimate of drug-likeness (QED) is 0.367.